The highest BCUT2D eigenvalue weighted by Crippen LogP contribution is 2.50. The van der Waals surface area contributed by atoms with Gasteiger partial charge in [0.2, 0.25) is 88.4 Å². The lowest BCUT2D eigenvalue weighted by Gasteiger charge is -2.26. The van der Waals surface area contributed by atoms with Crippen LogP contribution in [0, 0.1) is 53.3 Å². The molecule has 9 amide bonds. The quantitative estimate of drug-likeness (QED) is 0.0126. The number of hydrogen-bond donors (Lipinski definition) is 6. The molecule has 6 N–H and O–H groups in total. The maximum absolute atomic E-state index is 13.9. The number of ether oxygens (including phenoxy) is 3. The minimum atomic E-state index is -3.82. The average Bonchev–Trinajstić information content (AvgIpc) is 1.58. The second kappa shape index (κ2) is 40.9. The average molecular weight is 1840 g/mol. The van der Waals surface area contributed by atoms with Crippen molar-refractivity contribution in [2.24, 2.45) is 53.3 Å². The van der Waals surface area contributed by atoms with E-state index in [0.29, 0.717) is 94.4 Å². The van der Waals surface area contributed by atoms with Crippen molar-refractivity contribution in [3.63, 3.8) is 0 Å². The third-order valence-electron chi connectivity index (χ3n) is 25.7. The van der Waals surface area contributed by atoms with Crippen molar-refractivity contribution in [2.75, 3.05) is 40.8 Å². The predicted octanol–water partition coefficient (Wildman–Crippen LogP) is 8.39. The minimum Gasteiger partial charge on any atom is -0.474 e. The van der Waals surface area contributed by atoms with Gasteiger partial charge in [-0.2, -0.15) is 15.0 Å². The van der Waals surface area contributed by atoms with E-state index >= 15 is 0 Å². The van der Waals surface area contributed by atoms with Crippen LogP contribution in [0.15, 0.2) is 160 Å². The van der Waals surface area contributed by atoms with Gasteiger partial charge in [0.05, 0.1) is 51.3 Å². The van der Waals surface area contributed by atoms with Crippen LogP contribution in [0.1, 0.15) is 154 Å². The van der Waals surface area contributed by atoms with E-state index in [2.05, 4.69) is 86.3 Å². The number of nitrogens with one attached hydrogen (secondary N) is 6. The maximum atomic E-state index is 13.9. The first-order valence-electron chi connectivity index (χ1n) is 44.0. The molecule has 0 spiro atoms. The SMILES string of the molecule is C=CCCCCN(C)C(=O)[C@@H]1C[C@H](Oc2ccnc(-c3ccccc3)n2)C[C@H]1C(=O)N[C@]1(C(=O)NS(=O)(=O)C2CC2)C[C@H]1C=C.C=CCCCCN(C)C(=O)[C@@H]1C[C@H](Oc2ccnc(Cl)n2)C[C@H]1C(=O)N[C@]1(C(=O)NS(=O)(=O)C2CC2)C[C@H]1C=C.CN1CCCC/C=C\[C@@H]2C[C@@]2(C(=O)NS(=O)(=O)C2CC2)NC(=O)[C@@H]2C[C@@H](Oc3ccnc(-c4ccccc4)n3)C[C@H]2C1=O. The van der Waals surface area contributed by atoms with Crippen LogP contribution in [0.3, 0.4) is 0 Å². The fourth-order valence-electron chi connectivity index (χ4n) is 17.5. The number of amides is 9. The summed E-state index contributed by atoms with van der Waals surface area (Å²) < 4.78 is 100. The monoisotopic (exact) mass is 1840 g/mol. The van der Waals surface area contributed by atoms with Gasteiger partial charge in [-0.25, -0.2) is 40.2 Å². The zero-order valence-electron chi connectivity index (χ0n) is 72.3. The molecule has 9 saturated carbocycles. The Labute approximate surface area is 752 Å². The van der Waals surface area contributed by atoms with Crippen LogP contribution >= 0.6 is 11.6 Å². The molecule has 15 rings (SSSR count). The number of allylic oxidation sites excluding steroid dienone is 3. The van der Waals surface area contributed by atoms with Gasteiger partial charge in [0, 0.05) is 106 Å². The molecule has 2 aromatic carbocycles. The summed E-state index contributed by atoms with van der Waals surface area (Å²) in [7, 11) is -6.24. The van der Waals surface area contributed by atoms with Gasteiger partial charge in [0.1, 0.15) is 34.9 Å². The standard InChI is InChI=1S/C33H41N5O6S.C31H37N5O6S.C27H36ClN5O6S/c1-4-6-7-11-18-38(3)31(40)27-20-24(44-28-16-17-34-29(35-28)22-12-9-8-10-13-22)19-26(27)30(39)36-33(21-23(33)5-2)32(41)37-45(42,43)25-14-15-25;1-36-16-8-3-2-7-11-21-19-31(21,30(39)35-43(40,41)23-12-13-23)34-28(37)24-17-22(18-25(24)29(36)38)42-26-14-15-32-27(33-26)20-9-5-4-6-10-20;1-4-6-7-8-13-33(3)24(35)21-15-18(39-22-11-12-29-26(28)30-22)14-20(21)23(34)31-27(16-17(27)5-2)25(36)32-40(37,38)19-9-10-19/h4-5,8-10,12-13,16-17,23-27H,1-2,6-7,11,14-15,18-21H2,3H3,(H,36,39)(H,37,41);4-7,9-11,14-15,21-25H,2-3,8,12-13,16-19H2,1H3,(H,34,37)(H,35,39);4-5,11-12,17-21H,1-2,6-10,13-16H2,3H3,(H,31,34)(H,32,36)/b;11-7-;/t23-,24-,26-,27-,33-;21-,22-,24-,25-,31-;17-,18-,20-,21-,27-/m111/s1. The number of sulfonamides is 3. The second-order valence-electron chi connectivity index (χ2n) is 35.2. The second-order valence-corrected chi connectivity index (χ2v) is 41.4. The molecule has 9 aliphatic carbocycles. The summed E-state index contributed by atoms with van der Waals surface area (Å²) in [5.74, 6) is -7.93. The number of hydrogen-bond acceptors (Lipinski definition) is 24. The summed E-state index contributed by atoms with van der Waals surface area (Å²) in [5, 5.41) is 6.82. The number of aromatic nitrogens is 6. The highest BCUT2D eigenvalue weighted by Gasteiger charge is 2.65. The lowest BCUT2D eigenvalue weighted by molar-refractivity contribution is -0.141. The van der Waals surface area contributed by atoms with E-state index in [4.69, 9.17) is 25.8 Å². The Morgan fingerprint density at radius 2 is 0.945 bits per heavy atom. The maximum Gasteiger partial charge on any atom is 0.259 e. The van der Waals surface area contributed by atoms with Gasteiger partial charge >= 0.3 is 0 Å². The highest BCUT2D eigenvalue weighted by atomic mass is 35.5. The van der Waals surface area contributed by atoms with Gasteiger partial charge in [-0.1, -0.05) is 97.1 Å². The molecule has 0 bridgehead atoms. The topological polar surface area (TPSA) is 443 Å². The van der Waals surface area contributed by atoms with Crippen LogP contribution in [0.2, 0.25) is 5.28 Å². The number of rotatable bonds is 35. The van der Waals surface area contributed by atoms with Gasteiger partial charge in [-0.3, -0.25) is 57.3 Å². The molecular weight excluding hydrogens is 1720 g/mol. The highest BCUT2D eigenvalue weighted by molar-refractivity contribution is 7.91. The lowest BCUT2D eigenvalue weighted by atomic mass is 9.93. The van der Waals surface area contributed by atoms with E-state index in [0.717, 1.165) is 68.9 Å². The Balaban J connectivity index is 0.000000164. The summed E-state index contributed by atoms with van der Waals surface area (Å²) >= 11 is 5.88. The molecule has 686 valence electrons. The first kappa shape index (κ1) is 94.8. The zero-order valence-corrected chi connectivity index (χ0v) is 75.5. The molecule has 0 radical (unpaired) electrons. The van der Waals surface area contributed by atoms with Crippen LogP contribution in [-0.2, 0) is 73.2 Å². The molecule has 0 saturated heterocycles. The number of benzene rings is 2. The molecule has 4 heterocycles. The lowest BCUT2D eigenvalue weighted by Crippen LogP contribution is -2.54. The molecule has 9 fully saturated rings. The first-order chi connectivity index (χ1) is 61.2. The van der Waals surface area contributed by atoms with E-state index < -0.39 is 164 Å². The zero-order chi connectivity index (χ0) is 91.5. The van der Waals surface area contributed by atoms with Crippen LogP contribution in [0.5, 0.6) is 17.6 Å². The summed E-state index contributed by atoms with van der Waals surface area (Å²) in [5.41, 5.74) is -2.56. The molecule has 5 aromatic rings. The smallest absolute Gasteiger partial charge is 0.259 e. The van der Waals surface area contributed by atoms with Gasteiger partial charge in [0.15, 0.2) is 11.6 Å². The minimum absolute atomic E-state index is 0.00924. The fourth-order valence-corrected chi connectivity index (χ4v) is 21.7. The van der Waals surface area contributed by atoms with Crippen LogP contribution in [-0.4, -0.2) is 214 Å². The summed E-state index contributed by atoms with van der Waals surface area (Å²) in [6.45, 7) is 16.6. The summed E-state index contributed by atoms with van der Waals surface area (Å²) in [6, 6.07) is 23.8. The Morgan fingerprint density at radius 3 is 1.37 bits per heavy atom. The van der Waals surface area contributed by atoms with E-state index in [1.54, 1.807) is 72.5 Å². The molecule has 3 aromatic heterocycles. The van der Waals surface area contributed by atoms with Crippen LogP contribution in [0.4, 0.5) is 0 Å². The van der Waals surface area contributed by atoms with Gasteiger partial charge in [0.25, 0.3) is 17.7 Å². The van der Waals surface area contributed by atoms with Gasteiger partial charge in [-0.15, -0.1) is 26.3 Å². The van der Waals surface area contributed by atoms with Crippen LogP contribution < -0.4 is 44.3 Å². The van der Waals surface area contributed by atoms with Gasteiger partial charge < -0.3 is 44.9 Å². The molecular formula is C91H114ClN15O18S3. The number of unbranched alkanes of at least 4 members (excludes halogenated alkanes) is 4. The molecule has 37 heteroatoms. The van der Waals surface area contributed by atoms with Gasteiger partial charge in [-0.05, 0) is 166 Å². The van der Waals surface area contributed by atoms with Crippen molar-refractivity contribution >= 4 is 94.8 Å². The third-order valence-corrected chi connectivity index (χ3v) is 31.3. The molecule has 33 nitrogen and oxygen atoms in total. The van der Waals surface area contributed by atoms with Crippen molar-refractivity contribution in [3.05, 3.63) is 166 Å². The fraction of sp³-hybridized carbons (Fsp3) is 0.527. The number of fused-ring (bicyclic) bond motifs is 2. The third kappa shape index (κ3) is 23.2. The molecule has 0 unspecified atom stereocenters. The van der Waals surface area contributed by atoms with Crippen molar-refractivity contribution in [1.29, 1.82) is 0 Å². The largest absolute Gasteiger partial charge is 0.474 e. The van der Waals surface area contributed by atoms with E-state index in [-0.39, 0.29) is 79.7 Å². The Hall–Kier alpha value is -10.9. The number of carbonyl (C=O) groups is 9. The Morgan fingerprint density at radius 1 is 0.531 bits per heavy atom. The molecule has 15 atom stereocenters. The summed E-state index contributed by atoms with van der Waals surface area (Å²) in [4.78, 5) is 153. The Bertz CT molecular complexity index is 5380. The summed E-state index contributed by atoms with van der Waals surface area (Å²) in [6.07, 6.45) is 26.6. The normalized spacial score (nSPS) is 27.7. The number of nitrogens with zero attached hydrogens (tertiary/aromatic N) is 9. The van der Waals surface area contributed by atoms with Crippen molar-refractivity contribution in [3.8, 4) is 40.4 Å². The Kier molecular flexibility index (Phi) is 30.2. The van der Waals surface area contributed by atoms with E-state index in [1.165, 1.54) is 12.3 Å². The van der Waals surface area contributed by atoms with Crippen molar-refractivity contribution < 1.29 is 82.6 Å². The van der Waals surface area contributed by atoms with Crippen molar-refractivity contribution in [2.45, 2.75) is 205 Å². The number of halogens is 1. The number of carbonyl (C=O) groups excluding carboxylic acids is 9. The molecule has 10 aliphatic rings. The first-order valence-corrected chi connectivity index (χ1v) is 49.0. The predicted molar refractivity (Wildman–Crippen MR) is 475 cm³/mol. The van der Waals surface area contributed by atoms with E-state index in [1.807, 2.05) is 85.0 Å². The van der Waals surface area contributed by atoms with Crippen molar-refractivity contribution in [1.82, 2.24) is 74.7 Å². The van der Waals surface area contributed by atoms with E-state index in [9.17, 15) is 68.4 Å². The molecule has 1 aliphatic heterocycles. The molecule has 128 heavy (non-hydrogen) atoms. The van der Waals surface area contributed by atoms with Crippen LogP contribution in [0.25, 0.3) is 22.8 Å².